The number of hydrogen-bond acceptors (Lipinski definition) is 5. The van der Waals surface area contributed by atoms with Gasteiger partial charge in [-0.15, -0.1) is 11.3 Å². The van der Waals surface area contributed by atoms with Crippen LogP contribution in [0.25, 0.3) is 6.08 Å². The number of nitrogens with one attached hydrogen (secondary N) is 1. The van der Waals surface area contributed by atoms with Crippen molar-refractivity contribution in [2.45, 2.75) is 13.8 Å². The number of thiazole rings is 1. The van der Waals surface area contributed by atoms with Gasteiger partial charge in [0, 0.05) is 11.0 Å². The van der Waals surface area contributed by atoms with Gasteiger partial charge in [-0.05, 0) is 37.6 Å². The third-order valence-corrected chi connectivity index (χ3v) is 4.41. The Morgan fingerprint density at radius 2 is 2.04 bits per heavy atom. The molecule has 5 nitrogen and oxygen atoms in total. The summed E-state index contributed by atoms with van der Waals surface area (Å²) in [6, 6.07) is 3.44. The molecule has 1 heterocycles. The molecule has 0 atom stereocenters. The summed E-state index contributed by atoms with van der Waals surface area (Å²) in [6.45, 7) is 3.87. The maximum absolute atomic E-state index is 11.9. The van der Waals surface area contributed by atoms with Crippen molar-refractivity contribution in [1.29, 1.82) is 0 Å². The zero-order valence-electron chi connectivity index (χ0n) is 13.3. The van der Waals surface area contributed by atoms with Crippen LogP contribution in [0.2, 0.25) is 5.02 Å². The predicted octanol–water partition coefficient (Wildman–Crippen LogP) is 4.08. The average molecular weight is 353 g/mol. The Morgan fingerprint density at radius 1 is 1.30 bits per heavy atom. The number of benzene rings is 1. The number of hydrogen-bond donors (Lipinski definition) is 1. The number of aryl methyl sites for hydroxylation is 2. The highest BCUT2D eigenvalue weighted by Gasteiger charge is 2.10. The van der Waals surface area contributed by atoms with E-state index in [4.69, 9.17) is 21.1 Å². The summed E-state index contributed by atoms with van der Waals surface area (Å²) in [7, 11) is 3.05. The number of anilines is 1. The number of rotatable bonds is 5. The van der Waals surface area contributed by atoms with Crippen molar-refractivity contribution in [2.75, 3.05) is 19.5 Å². The van der Waals surface area contributed by atoms with Crippen molar-refractivity contribution in [1.82, 2.24) is 4.98 Å². The van der Waals surface area contributed by atoms with E-state index in [0.717, 1.165) is 16.1 Å². The highest BCUT2D eigenvalue weighted by molar-refractivity contribution is 7.15. The summed E-state index contributed by atoms with van der Waals surface area (Å²) < 4.78 is 10.4. The van der Waals surface area contributed by atoms with Gasteiger partial charge in [0.1, 0.15) is 0 Å². The first kappa shape index (κ1) is 17.3. The largest absolute Gasteiger partial charge is 0.493 e. The van der Waals surface area contributed by atoms with Crippen LogP contribution in [0, 0.1) is 13.8 Å². The maximum Gasteiger partial charge on any atom is 0.250 e. The second-order valence-electron chi connectivity index (χ2n) is 4.72. The summed E-state index contributed by atoms with van der Waals surface area (Å²) >= 11 is 7.57. The maximum atomic E-state index is 11.9. The number of halogens is 1. The van der Waals surface area contributed by atoms with E-state index in [0.29, 0.717) is 21.7 Å². The number of nitrogens with zero attached hydrogens (tertiary/aromatic N) is 1. The molecule has 0 fully saturated rings. The van der Waals surface area contributed by atoms with Gasteiger partial charge in [0.25, 0.3) is 0 Å². The van der Waals surface area contributed by atoms with Gasteiger partial charge in [0.05, 0.1) is 24.9 Å². The van der Waals surface area contributed by atoms with Gasteiger partial charge >= 0.3 is 0 Å². The fourth-order valence-electron chi connectivity index (χ4n) is 1.88. The van der Waals surface area contributed by atoms with Crippen molar-refractivity contribution >= 4 is 40.1 Å². The Morgan fingerprint density at radius 3 is 2.61 bits per heavy atom. The lowest BCUT2D eigenvalue weighted by Crippen LogP contribution is -2.07. The van der Waals surface area contributed by atoms with Crippen LogP contribution in [0.1, 0.15) is 16.1 Å². The molecule has 0 spiro atoms. The lowest BCUT2D eigenvalue weighted by Gasteiger charge is -2.10. The SMILES string of the molecule is COc1cc(/C=C/C(=O)Nc2nc(C)c(C)s2)cc(Cl)c1OC. The molecule has 1 aromatic heterocycles. The second kappa shape index (κ2) is 7.48. The van der Waals surface area contributed by atoms with E-state index < -0.39 is 0 Å². The summed E-state index contributed by atoms with van der Waals surface area (Å²) in [4.78, 5) is 17.3. The highest BCUT2D eigenvalue weighted by Crippen LogP contribution is 2.36. The summed E-state index contributed by atoms with van der Waals surface area (Å²) in [5.74, 6) is 0.709. The molecule has 0 bridgehead atoms. The molecule has 2 rings (SSSR count). The molecule has 1 amide bonds. The molecule has 0 saturated heterocycles. The number of carbonyl (C=O) groups is 1. The van der Waals surface area contributed by atoms with E-state index in [2.05, 4.69) is 10.3 Å². The van der Waals surface area contributed by atoms with E-state index in [1.165, 1.54) is 31.6 Å². The third kappa shape index (κ3) is 4.24. The van der Waals surface area contributed by atoms with Crippen LogP contribution < -0.4 is 14.8 Å². The van der Waals surface area contributed by atoms with Crippen molar-refractivity contribution < 1.29 is 14.3 Å². The smallest absolute Gasteiger partial charge is 0.250 e. The number of methoxy groups -OCH3 is 2. The molecule has 1 aromatic carbocycles. The lowest BCUT2D eigenvalue weighted by atomic mass is 10.2. The Kier molecular flexibility index (Phi) is 5.63. The average Bonchev–Trinajstić information content (AvgIpc) is 2.82. The number of carbonyl (C=O) groups excluding carboxylic acids is 1. The van der Waals surface area contributed by atoms with Gasteiger partial charge in [-0.1, -0.05) is 11.6 Å². The van der Waals surface area contributed by atoms with E-state index in [1.807, 2.05) is 13.8 Å². The monoisotopic (exact) mass is 352 g/mol. The zero-order valence-corrected chi connectivity index (χ0v) is 14.8. The minimum Gasteiger partial charge on any atom is -0.493 e. The molecule has 0 radical (unpaired) electrons. The van der Waals surface area contributed by atoms with E-state index in [1.54, 1.807) is 18.2 Å². The first-order valence-electron chi connectivity index (χ1n) is 6.79. The van der Waals surface area contributed by atoms with Crippen LogP contribution in [-0.4, -0.2) is 25.1 Å². The number of ether oxygens (including phenoxy) is 2. The Balaban J connectivity index is 2.13. The number of aromatic nitrogens is 1. The standard InChI is InChI=1S/C16H17ClN2O3S/c1-9-10(2)23-16(18-9)19-14(20)6-5-11-7-12(17)15(22-4)13(8-11)21-3/h5-8H,1-4H3,(H,18,19,20)/b6-5+. The molecule has 0 aliphatic rings. The zero-order chi connectivity index (χ0) is 17.0. The predicted molar refractivity (Wildman–Crippen MR) is 93.8 cm³/mol. The minimum atomic E-state index is -0.260. The second-order valence-corrected chi connectivity index (χ2v) is 6.33. The minimum absolute atomic E-state index is 0.260. The fraction of sp³-hybridized carbons (Fsp3) is 0.250. The molecular formula is C16H17ClN2O3S. The van der Waals surface area contributed by atoms with Crippen molar-refractivity contribution in [2.24, 2.45) is 0 Å². The lowest BCUT2D eigenvalue weighted by molar-refractivity contribution is -0.111. The first-order valence-corrected chi connectivity index (χ1v) is 7.98. The Hall–Kier alpha value is -2.05. The molecular weight excluding hydrogens is 336 g/mol. The van der Waals surface area contributed by atoms with E-state index in [9.17, 15) is 4.79 Å². The Labute approximate surface area is 143 Å². The van der Waals surface area contributed by atoms with Crippen molar-refractivity contribution in [3.63, 3.8) is 0 Å². The quantitative estimate of drug-likeness (QED) is 0.823. The van der Waals surface area contributed by atoms with Gasteiger partial charge in [0.2, 0.25) is 5.91 Å². The van der Waals surface area contributed by atoms with Crippen molar-refractivity contribution in [3.8, 4) is 11.5 Å². The summed E-state index contributed by atoms with van der Waals surface area (Å²) in [5.41, 5.74) is 1.65. The third-order valence-electron chi connectivity index (χ3n) is 3.14. The van der Waals surface area contributed by atoms with E-state index >= 15 is 0 Å². The Bertz CT molecular complexity index is 737. The number of amides is 1. The van der Waals surface area contributed by atoms with Gasteiger partial charge in [-0.3, -0.25) is 10.1 Å². The van der Waals surface area contributed by atoms with Crippen LogP contribution in [0.3, 0.4) is 0 Å². The fourth-order valence-corrected chi connectivity index (χ4v) is 2.99. The van der Waals surface area contributed by atoms with Gasteiger partial charge in [0.15, 0.2) is 16.6 Å². The molecule has 1 N–H and O–H groups in total. The van der Waals surface area contributed by atoms with E-state index in [-0.39, 0.29) is 5.91 Å². The van der Waals surface area contributed by atoms with Gasteiger partial charge in [-0.25, -0.2) is 4.98 Å². The van der Waals surface area contributed by atoms with Crippen LogP contribution in [0.5, 0.6) is 11.5 Å². The molecule has 0 saturated carbocycles. The molecule has 7 heteroatoms. The van der Waals surface area contributed by atoms with Crippen LogP contribution >= 0.6 is 22.9 Å². The summed E-state index contributed by atoms with van der Waals surface area (Å²) in [5, 5.41) is 3.73. The molecule has 122 valence electrons. The van der Waals surface area contributed by atoms with Gasteiger partial charge in [-0.2, -0.15) is 0 Å². The van der Waals surface area contributed by atoms with Crippen LogP contribution in [-0.2, 0) is 4.79 Å². The molecule has 0 aliphatic carbocycles. The normalized spacial score (nSPS) is 10.8. The first-order chi connectivity index (χ1) is 10.9. The molecule has 2 aromatic rings. The van der Waals surface area contributed by atoms with Gasteiger partial charge < -0.3 is 9.47 Å². The highest BCUT2D eigenvalue weighted by atomic mass is 35.5. The topological polar surface area (TPSA) is 60.5 Å². The summed E-state index contributed by atoms with van der Waals surface area (Å²) in [6.07, 6.45) is 3.07. The van der Waals surface area contributed by atoms with Crippen molar-refractivity contribution in [3.05, 3.63) is 39.4 Å². The van der Waals surface area contributed by atoms with Crippen LogP contribution in [0.15, 0.2) is 18.2 Å². The van der Waals surface area contributed by atoms with Crippen LogP contribution in [0.4, 0.5) is 5.13 Å². The molecule has 23 heavy (non-hydrogen) atoms. The molecule has 0 aliphatic heterocycles. The molecule has 0 unspecified atom stereocenters.